The number of anilines is 1. The summed E-state index contributed by atoms with van der Waals surface area (Å²) >= 11 is 0. The Hall–Kier alpha value is -2.54. The number of carbonyl (C=O) groups excluding carboxylic acids is 1. The van der Waals surface area contributed by atoms with Gasteiger partial charge >= 0.3 is 0 Å². The van der Waals surface area contributed by atoms with Crippen LogP contribution in [0.3, 0.4) is 0 Å². The average Bonchev–Trinajstić information content (AvgIpc) is 2.90. The summed E-state index contributed by atoms with van der Waals surface area (Å²) in [7, 11) is 0. The lowest BCUT2D eigenvalue weighted by molar-refractivity contribution is -0.130. The maximum absolute atomic E-state index is 13.8. The Bertz CT molecular complexity index is 712. The molecule has 1 fully saturated rings. The van der Waals surface area contributed by atoms with Crippen molar-refractivity contribution in [3.8, 4) is 0 Å². The summed E-state index contributed by atoms with van der Waals surface area (Å²) in [4.78, 5) is 24.7. The van der Waals surface area contributed by atoms with Crippen LogP contribution in [0.1, 0.15) is 18.4 Å². The molecule has 1 aromatic heterocycles. The van der Waals surface area contributed by atoms with Gasteiger partial charge in [-0.2, -0.15) is 0 Å². The standard InChI is InChI=1S/C19H24FN5O/c20-17-6-2-1-5-16(17)15-24-11-4-12-25(14-13-24)18(26)7-10-23-19-21-8-3-9-22-19/h1-3,5-6,8-9H,4,7,10-15H2,(H,21,22,23). The second-order valence-corrected chi connectivity index (χ2v) is 6.35. The zero-order valence-electron chi connectivity index (χ0n) is 14.8. The molecule has 0 radical (unpaired) electrons. The van der Waals surface area contributed by atoms with E-state index in [-0.39, 0.29) is 11.7 Å². The van der Waals surface area contributed by atoms with E-state index in [2.05, 4.69) is 20.2 Å². The number of hydrogen-bond donors (Lipinski definition) is 1. The van der Waals surface area contributed by atoms with Crippen LogP contribution in [0.4, 0.5) is 10.3 Å². The molecule has 6 nitrogen and oxygen atoms in total. The summed E-state index contributed by atoms with van der Waals surface area (Å²) in [6.07, 6.45) is 4.63. The van der Waals surface area contributed by atoms with Crippen LogP contribution < -0.4 is 5.32 Å². The summed E-state index contributed by atoms with van der Waals surface area (Å²) in [6, 6.07) is 8.62. The SMILES string of the molecule is O=C(CCNc1ncccn1)N1CCCN(Cc2ccccc2F)CC1. The number of halogens is 1. The number of benzene rings is 1. The highest BCUT2D eigenvalue weighted by atomic mass is 19.1. The summed E-state index contributed by atoms with van der Waals surface area (Å²) in [6.45, 7) is 4.15. The molecule has 0 spiro atoms. The monoisotopic (exact) mass is 357 g/mol. The number of hydrogen-bond acceptors (Lipinski definition) is 5. The summed E-state index contributed by atoms with van der Waals surface area (Å²) < 4.78 is 13.8. The zero-order valence-corrected chi connectivity index (χ0v) is 14.8. The third-order valence-corrected chi connectivity index (χ3v) is 4.48. The molecule has 1 amide bonds. The van der Waals surface area contributed by atoms with E-state index in [1.807, 2.05) is 17.0 Å². The van der Waals surface area contributed by atoms with E-state index in [1.54, 1.807) is 24.5 Å². The van der Waals surface area contributed by atoms with E-state index in [4.69, 9.17) is 0 Å². The minimum Gasteiger partial charge on any atom is -0.354 e. The highest BCUT2D eigenvalue weighted by Gasteiger charge is 2.19. The third kappa shape index (κ3) is 5.23. The molecule has 1 aliphatic heterocycles. The molecule has 0 unspecified atom stereocenters. The number of carbonyl (C=O) groups is 1. The van der Waals surface area contributed by atoms with Crippen LogP contribution in [0.25, 0.3) is 0 Å². The van der Waals surface area contributed by atoms with Crippen molar-refractivity contribution in [3.05, 3.63) is 54.1 Å². The molecule has 1 aliphatic rings. The fourth-order valence-corrected chi connectivity index (χ4v) is 3.08. The van der Waals surface area contributed by atoms with Crippen LogP contribution in [-0.4, -0.2) is 58.4 Å². The number of nitrogens with zero attached hydrogens (tertiary/aromatic N) is 4. The molecule has 138 valence electrons. The van der Waals surface area contributed by atoms with Crippen LogP contribution in [0, 0.1) is 5.82 Å². The Kier molecular flexibility index (Phi) is 6.49. The Labute approximate surface area is 153 Å². The van der Waals surface area contributed by atoms with E-state index in [9.17, 15) is 9.18 Å². The molecular formula is C19H24FN5O. The van der Waals surface area contributed by atoms with Crippen molar-refractivity contribution >= 4 is 11.9 Å². The minimum absolute atomic E-state index is 0.126. The van der Waals surface area contributed by atoms with Gasteiger partial charge in [-0.15, -0.1) is 0 Å². The summed E-state index contributed by atoms with van der Waals surface area (Å²) in [5, 5.41) is 3.06. The molecule has 0 aliphatic carbocycles. The van der Waals surface area contributed by atoms with Crippen molar-refractivity contribution in [1.82, 2.24) is 19.8 Å². The Morgan fingerprint density at radius 1 is 1.08 bits per heavy atom. The van der Waals surface area contributed by atoms with Gasteiger partial charge in [0.05, 0.1) is 0 Å². The van der Waals surface area contributed by atoms with E-state index in [0.29, 0.717) is 37.6 Å². The number of nitrogens with one attached hydrogen (secondary N) is 1. The molecule has 3 rings (SSSR count). The van der Waals surface area contributed by atoms with Crippen LogP contribution in [0.5, 0.6) is 0 Å². The number of amides is 1. The van der Waals surface area contributed by atoms with Gasteiger partial charge in [-0.1, -0.05) is 18.2 Å². The van der Waals surface area contributed by atoms with Gasteiger partial charge in [-0.25, -0.2) is 14.4 Å². The Morgan fingerprint density at radius 2 is 1.88 bits per heavy atom. The van der Waals surface area contributed by atoms with Gasteiger partial charge < -0.3 is 10.2 Å². The average molecular weight is 357 g/mol. The Balaban J connectivity index is 1.44. The van der Waals surface area contributed by atoms with E-state index >= 15 is 0 Å². The predicted octanol–water partition coefficient (Wildman–Crippen LogP) is 2.15. The first-order valence-corrected chi connectivity index (χ1v) is 8.97. The minimum atomic E-state index is -0.168. The quantitative estimate of drug-likeness (QED) is 0.858. The van der Waals surface area contributed by atoms with Gasteiger partial charge in [0, 0.05) is 63.6 Å². The van der Waals surface area contributed by atoms with Gasteiger partial charge in [-0.3, -0.25) is 9.69 Å². The van der Waals surface area contributed by atoms with Crippen LogP contribution in [0.2, 0.25) is 0 Å². The zero-order chi connectivity index (χ0) is 18.2. The molecule has 2 aromatic rings. The number of aromatic nitrogens is 2. The molecule has 26 heavy (non-hydrogen) atoms. The van der Waals surface area contributed by atoms with Crippen LogP contribution >= 0.6 is 0 Å². The van der Waals surface area contributed by atoms with Crippen molar-refractivity contribution in [3.63, 3.8) is 0 Å². The fraction of sp³-hybridized carbons (Fsp3) is 0.421. The first-order valence-electron chi connectivity index (χ1n) is 8.97. The molecule has 0 saturated carbocycles. The maximum Gasteiger partial charge on any atom is 0.224 e. The molecule has 1 aromatic carbocycles. The van der Waals surface area contributed by atoms with Crippen LogP contribution in [0.15, 0.2) is 42.7 Å². The van der Waals surface area contributed by atoms with E-state index in [0.717, 1.165) is 26.1 Å². The Morgan fingerprint density at radius 3 is 2.69 bits per heavy atom. The van der Waals surface area contributed by atoms with Gasteiger partial charge in [0.15, 0.2) is 0 Å². The first kappa shape index (κ1) is 18.3. The third-order valence-electron chi connectivity index (χ3n) is 4.48. The molecule has 1 saturated heterocycles. The molecule has 0 bridgehead atoms. The van der Waals surface area contributed by atoms with Gasteiger partial charge in [0.2, 0.25) is 11.9 Å². The lowest BCUT2D eigenvalue weighted by Gasteiger charge is -2.22. The molecule has 1 N–H and O–H groups in total. The largest absolute Gasteiger partial charge is 0.354 e. The first-order chi connectivity index (χ1) is 12.7. The van der Waals surface area contributed by atoms with Gasteiger partial charge in [0.1, 0.15) is 5.82 Å². The van der Waals surface area contributed by atoms with Crippen molar-refractivity contribution in [2.75, 3.05) is 38.0 Å². The van der Waals surface area contributed by atoms with Gasteiger partial charge in [-0.05, 0) is 18.6 Å². The second kappa shape index (κ2) is 9.24. The molecule has 7 heteroatoms. The summed E-state index contributed by atoms with van der Waals surface area (Å²) in [5.74, 6) is 0.493. The van der Waals surface area contributed by atoms with Crippen molar-refractivity contribution in [1.29, 1.82) is 0 Å². The van der Waals surface area contributed by atoms with Gasteiger partial charge in [0.25, 0.3) is 0 Å². The fourth-order valence-electron chi connectivity index (χ4n) is 3.08. The predicted molar refractivity (Wildman–Crippen MR) is 98.0 cm³/mol. The summed E-state index contributed by atoms with van der Waals surface area (Å²) in [5.41, 5.74) is 0.708. The van der Waals surface area contributed by atoms with Crippen molar-refractivity contribution < 1.29 is 9.18 Å². The lowest BCUT2D eigenvalue weighted by atomic mass is 10.2. The number of rotatable bonds is 6. The maximum atomic E-state index is 13.8. The molecular weight excluding hydrogens is 333 g/mol. The van der Waals surface area contributed by atoms with Crippen molar-refractivity contribution in [2.24, 2.45) is 0 Å². The lowest BCUT2D eigenvalue weighted by Crippen LogP contribution is -2.36. The van der Waals surface area contributed by atoms with E-state index < -0.39 is 0 Å². The topological polar surface area (TPSA) is 61.4 Å². The van der Waals surface area contributed by atoms with Crippen molar-refractivity contribution in [2.45, 2.75) is 19.4 Å². The molecule has 0 atom stereocenters. The normalized spacial score (nSPS) is 15.5. The van der Waals surface area contributed by atoms with E-state index in [1.165, 1.54) is 6.07 Å². The smallest absolute Gasteiger partial charge is 0.224 e. The second-order valence-electron chi connectivity index (χ2n) is 6.35. The molecule has 2 heterocycles. The highest BCUT2D eigenvalue weighted by Crippen LogP contribution is 2.12. The van der Waals surface area contributed by atoms with Crippen LogP contribution in [-0.2, 0) is 11.3 Å². The highest BCUT2D eigenvalue weighted by molar-refractivity contribution is 5.76.